The Bertz CT molecular complexity index is 772. The molecule has 0 aliphatic carbocycles. The molecule has 0 aromatic heterocycles. The maximum Gasteiger partial charge on any atom is 0.320 e. The van der Waals surface area contributed by atoms with Crippen LogP contribution in [0.4, 0.5) is 0 Å². The predicted molar refractivity (Wildman–Crippen MR) is 106 cm³/mol. The highest BCUT2D eigenvalue weighted by molar-refractivity contribution is 5.95. The van der Waals surface area contributed by atoms with E-state index in [0.717, 1.165) is 16.7 Å². The van der Waals surface area contributed by atoms with E-state index in [9.17, 15) is 9.59 Å². The first-order valence-electron chi connectivity index (χ1n) is 8.90. The topological polar surface area (TPSA) is 52.6 Å². The fourth-order valence-corrected chi connectivity index (χ4v) is 2.91. The molecule has 4 heteroatoms. The van der Waals surface area contributed by atoms with Gasteiger partial charge in [-0.2, -0.15) is 0 Å². The van der Waals surface area contributed by atoms with Crippen molar-refractivity contribution >= 4 is 18.0 Å². The quantitative estimate of drug-likeness (QED) is 0.546. The lowest BCUT2D eigenvalue weighted by molar-refractivity contribution is -0.160. The van der Waals surface area contributed by atoms with Crippen LogP contribution in [0.5, 0.6) is 0 Å². The molecular weight excluding hydrogens is 340 g/mol. The second-order valence-corrected chi connectivity index (χ2v) is 6.65. The van der Waals surface area contributed by atoms with Crippen LogP contribution in [-0.2, 0) is 25.5 Å². The van der Waals surface area contributed by atoms with E-state index in [2.05, 4.69) is 0 Å². The number of hydrogen-bond acceptors (Lipinski definition) is 4. The number of aryl methyl sites for hydroxylation is 2. The van der Waals surface area contributed by atoms with E-state index < -0.39 is 17.9 Å². The molecule has 0 aliphatic rings. The van der Waals surface area contributed by atoms with Crippen LogP contribution < -0.4 is 0 Å². The number of allylic oxidation sites excluding steroid dienone is 1. The molecule has 0 bridgehead atoms. The Hall–Kier alpha value is -2.88. The summed E-state index contributed by atoms with van der Waals surface area (Å²) in [6.07, 6.45) is 4.34. The molecule has 27 heavy (non-hydrogen) atoms. The summed E-state index contributed by atoms with van der Waals surface area (Å²) < 4.78 is 9.73. The summed E-state index contributed by atoms with van der Waals surface area (Å²) in [6.45, 7) is 4.04. The van der Waals surface area contributed by atoms with Gasteiger partial charge in [0.1, 0.15) is 0 Å². The number of methoxy groups -OCH3 is 2. The summed E-state index contributed by atoms with van der Waals surface area (Å²) in [7, 11) is 2.57. The molecule has 2 aromatic rings. The van der Waals surface area contributed by atoms with Gasteiger partial charge in [0.2, 0.25) is 0 Å². The first kappa shape index (κ1) is 20.4. The lowest BCUT2D eigenvalue weighted by Gasteiger charge is -2.21. The van der Waals surface area contributed by atoms with Crippen molar-refractivity contribution in [3.63, 3.8) is 0 Å². The van der Waals surface area contributed by atoms with Crippen molar-refractivity contribution in [1.29, 1.82) is 0 Å². The van der Waals surface area contributed by atoms with Gasteiger partial charge in [-0.25, -0.2) is 0 Å². The van der Waals surface area contributed by atoms with E-state index in [-0.39, 0.29) is 5.92 Å². The van der Waals surface area contributed by atoms with Gasteiger partial charge in [0, 0.05) is 5.92 Å². The molecule has 0 radical (unpaired) electrons. The van der Waals surface area contributed by atoms with E-state index in [1.54, 1.807) is 0 Å². The minimum absolute atomic E-state index is 0.381. The second kappa shape index (κ2) is 9.72. The van der Waals surface area contributed by atoms with Crippen LogP contribution in [-0.4, -0.2) is 26.2 Å². The lowest BCUT2D eigenvalue weighted by Crippen LogP contribution is -2.33. The van der Waals surface area contributed by atoms with Crippen LogP contribution in [0.25, 0.3) is 6.08 Å². The molecule has 0 fully saturated rings. The first-order chi connectivity index (χ1) is 12.9. The molecule has 0 N–H and O–H groups in total. The molecule has 0 saturated carbocycles. The number of esters is 2. The monoisotopic (exact) mass is 366 g/mol. The fourth-order valence-electron chi connectivity index (χ4n) is 2.91. The SMILES string of the molecule is COC(=O)C(C(=O)OC)[C@@H](/C=C/c1ccc(C)cc1)Cc1ccc(C)cc1. The van der Waals surface area contributed by atoms with E-state index in [1.165, 1.54) is 19.8 Å². The summed E-state index contributed by atoms with van der Waals surface area (Å²) in [5.41, 5.74) is 4.37. The van der Waals surface area contributed by atoms with Gasteiger partial charge in [0.25, 0.3) is 0 Å². The van der Waals surface area contributed by atoms with Crippen LogP contribution in [0, 0.1) is 25.7 Å². The minimum atomic E-state index is -1.01. The zero-order chi connectivity index (χ0) is 19.8. The van der Waals surface area contributed by atoms with Crippen molar-refractivity contribution < 1.29 is 19.1 Å². The summed E-state index contributed by atoms with van der Waals surface area (Å²) in [5.74, 6) is -2.57. The fraction of sp³-hybridized carbons (Fsp3) is 0.304. The number of carbonyl (C=O) groups is 2. The van der Waals surface area contributed by atoms with Crippen LogP contribution in [0.15, 0.2) is 54.6 Å². The van der Waals surface area contributed by atoms with Crippen molar-refractivity contribution in [2.45, 2.75) is 20.3 Å². The average Bonchev–Trinajstić information content (AvgIpc) is 2.68. The molecule has 2 aromatic carbocycles. The molecule has 0 spiro atoms. The highest BCUT2D eigenvalue weighted by Crippen LogP contribution is 2.24. The lowest BCUT2D eigenvalue weighted by atomic mass is 9.85. The van der Waals surface area contributed by atoms with Gasteiger partial charge in [-0.05, 0) is 31.4 Å². The normalized spacial score (nSPS) is 12.2. The minimum Gasteiger partial charge on any atom is -0.468 e. The third-order valence-corrected chi connectivity index (χ3v) is 4.54. The summed E-state index contributed by atoms with van der Waals surface area (Å²) in [5, 5.41) is 0. The third kappa shape index (κ3) is 5.81. The largest absolute Gasteiger partial charge is 0.468 e. The van der Waals surface area contributed by atoms with E-state index >= 15 is 0 Å². The van der Waals surface area contributed by atoms with E-state index in [4.69, 9.17) is 9.47 Å². The van der Waals surface area contributed by atoms with Crippen LogP contribution in [0.1, 0.15) is 22.3 Å². The number of ether oxygens (including phenoxy) is 2. The van der Waals surface area contributed by atoms with Gasteiger partial charge in [-0.15, -0.1) is 0 Å². The molecule has 0 heterocycles. The maximum absolute atomic E-state index is 12.3. The Morgan fingerprint density at radius 2 is 1.33 bits per heavy atom. The highest BCUT2D eigenvalue weighted by atomic mass is 16.5. The smallest absolute Gasteiger partial charge is 0.320 e. The highest BCUT2D eigenvalue weighted by Gasteiger charge is 2.35. The van der Waals surface area contributed by atoms with Gasteiger partial charge in [-0.1, -0.05) is 71.8 Å². The van der Waals surface area contributed by atoms with Crippen molar-refractivity contribution in [3.8, 4) is 0 Å². The van der Waals surface area contributed by atoms with Crippen molar-refractivity contribution in [2.75, 3.05) is 14.2 Å². The molecule has 0 amide bonds. The number of carbonyl (C=O) groups excluding carboxylic acids is 2. The van der Waals surface area contributed by atoms with Gasteiger partial charge in [0.15, 0.2) is 5.92 Å². The molecule has 0 aliphatic heterocycles. The molecule has 142 valence electrons. The Morgan fingerprint density at radius 3 is 1.81 bits per heavy atom. The first-order valence-corrected chi connectivity index (χ1v) is 8.90. The Kier molecular flexibility index (Phi) is 7.35. The molecular formula is C23H26O4. The third-order valence-electron chi connectivity index (χ3n) is 4.54. The maximum atomic E-state index is 12.3. The van der Waals surface area contributed by atoms with E-state index in [0.29, 0.717) is 6.42 Å². The van der Waals surface area contributed by atoms with Crippen LogP contribution >= 0.6 is 0 Å². The van der Waals surface area contributed by atoms with E-state index in [1.807, 2.05) is 74.5 Å². The second-order valence-electron chi connectivity index (χ2n) is 6.65. The molecule has 2 rings (SSSR count). The number of hydrogen-bond donors (Lipinski definition) is 0. The van der Waals surface area contributed by atoms with Crippen molar-refractivity contribution in [1.82, 2.24) is 0 Å². The number of benzene rings is 2. The van der Waals surface area contributed by atoms with Crippen LogP contribution in [0.2, 0.25) is 0 Å². The molecule has 1 atom stereocenters. The Balaban J connectivity index is 2.35. The van der Waals surface area contributed by atoms with Gasteiger partial charge in [0.05, 0.1) is 14.2 Å². The molecule has 4 nitrogen and oxygen atoms in total. The molecule has 0 saturated heterocycles. The summed E-state index contributed by atoms with van der Waals surface area (Å²) >= 11 is 0. The van der Waals surface area contributed by atoms with Gasteiger partial charge < -0.3 is 9.47 Å². The van der Waals surface area contributed by atoms with Crippen LogP contribution in [0.3, 0.4) is 0 Å². The van der Waals surface area contributed by atoms with Crippen molar-refractivity contribution in [3.05, 3.63) is 76.9 Å². The standard InChI is InChI=1S/C23H26O4/c1-16-5-9-18(10-6-16)13-14-20(15-19-11-7-17(2)8-12-19)21(22(24)26-3)23(25)27-4/h5-14,20-21H,15H2,1-4H3/b14-13+/t20-/m0/s1. The average molecular weight is 366 g/mol. The zero-order valence-corrected chi connectivity index (χ0v) is 16.3. The van der Waals surface area contributed by atoms with Gasteiger partial charge >= 0.3 is 11.9 Å². The predicted octanol–water partition coefficient (Wildman–Crippen LogP) is 4.14. The summed E-state index contributed by atoms with van der Waals surface area (Å²) in [4.78, 5) is 24.6. The zero-order valence-electron chi connectivity index (χ0n) is 16.3. The number of rotatable bonds is 7. The van der Waals surface area contributed by atoms with Gasteiger partial charge in [-0.3, -0.25) is 9.59 Å². The summed E-state index contributed by atoms with van der Waals surface area (Å²) in [6, 6.07) is 16.1. The molecule has 0 unspecified atom stereocenters. The Morgan fingerprint density at radius 1 is 0.852 bits per heavy atom. The van der Waals surface area contributed by atoms with Crippen molar-refractivity contribution in [2.24, 2.45) is 11.8 Å². The Labute approximate surface area is 160 Å².